The number of nitrogens with one attached hydrogen (secondary N) is 2. The van der Waals surface area contributed by atoms with Crippen molar-refractivity contribution in [2.75, 3.05) is 23.8 Å². The van der Waals surface area contributed by atoms with Crippen molar-refractivity contribution in [3.05, 3.63) is 59.2 Å². The molecule has 0 saturated carbocycles. The smallest absolute Gasteiger partial charge is 0.338 e. The van der Waals surface area contributed by atoms with Gasteiger partial charge in [0, 0.05) is 17.8 Å². The highest BCUT2D eigenvalue weighted by Gasteiger charge is 2.12. The van der Waals surface area contributed by atoms with Crippen LogP contribution in [-0.4, -0.2) is 37.0 Å². The summed E-state index contributed by atoms with van der Waals surface area (Å²) in [5, 5.41) is 5.35. The van der Waals surface area contributed by atoms with Gasteiger partial charge in [0.2, 0.25) is 5.91 Å². The number of hydrogen-bond acceptors (Lipinski definition) is 6. The number of carbonyl (C=O) groups is 4. The molecule has 176 valence electrons. The molecule has 2 aromatic rings. The standard InChI is InChI=1S/C25H30N2O6/c1-4-5-14-32-25(31)19-8-10-20(11-9-19)26-23(29)16-33-24(30)13-12-22(28)27-21-15-17(2)6-7-18(21)3/h6-11,15H,4-5,12-14,16H2,1-3H3,(H,26,29)(H,27,28). The lowest BCUT2D eigenvalue weighted by molar-refractivity contribution is -0.147. The topological polar surface area (TPSA) is 111 Å². The molecule has 0 aliphatic carbocycles. The van der Waals surface area contributed by atoms with E-state index in [1.165, 1.54) is 0 Å². The van der Waals surface area contributed by atoms with Crippen LogP contribution >= 0.6 is 0 Å². The van der Waals surface area contributed by atoms with Gasteiger partial charge >= 0.3 is 11.9 Å². The molecule has 2 rings (SSSR count). The summed E-state index contributed by atoms with van der Waals surface area (Å²) in [6, 6.07) is 11.9. The number of unbranched alkanes of at least 4 members (excludes halogenated alkanes) is 1. The fourth-order valence-corrected chi connectivity index (χ4v) is 2.80. The van der Waals surface area contributed by atoms with Crippen LogP contribution in [0.1, 0.15) is 54.1 Å². The Morgan fingerprint density at radius 3 is 2.27 bits per heavy atom. The van der Waals surface area contributed by atoms with Gasteiger partial charge in [-0.25, -0.2) is 4.79 Å². The Hall–Kier alpha value is -3.68. The number of esters is 2. The number of anilines is 2. The third-order valence-electron chi connectivity index (χ3n) is 4.72. The van der Waals surface area contributed by atoms with Crippen LogP contribution in [0.25, 0.3) is 0 Å². The molecular formula is C25H30N2O6. The van der Waals surface area contributed by atoms with Gasteiger partial charge in [-0.3, -0.25) is 14.4 Å². The van der Waals surface area contributed by atoms with Crippen molar-refractivity contribution in [1.29, 1.82) is 0 Å². The minimum absolute atomic E-state index is 0.0519. The second kappa shape index (κ2) is 13.0. The molecule has 0 saturated heterocycles. The second-order valence-corrected chi connectivity index (χ2v) is 7.64. The Labute approximate surface area is 193 Å². The van der Waals surface area contributed by atoms with E-state index in [2.05, 4.69) is 10.6 Å². The van der Waals surface area contributed by atoms with E-state index in [4.69, 9.17) is 9.47 Å². The van der Waals surface area contributed by atoms with Crippen molar-refractivity contribution in [3.8, 4) is 0 Å². The normalized spacial score (nSPS) is 10.3. The molecule has 0 radical (unpaired) electrons. The average Bonchev–Trinajstić information content (AvgIpc) is 2.79. The predicted octanol–water partition coefficient (Wildman–Crippen LogP) is 4.16. The molecule has 33 heavy (non-hydrogen) atoms. The van der Waals surface area contributed by atoms with E-state index in [-0.39, 0.29) is 18.7 Å². The summed E-state index contributed by atoms with van der Waals surface area (Å²) < 4.78 is 10.1. The molecule has 2 aromatic carbocycles. The van der Waals surface area contributed by atoms with E-state index in [0.717, 1.165) is 24.0 Å². The zero-order valence-corrected chi connectivity index (χ0v) is 19.2. The van der Waals surface area contributed by atoms with Crippen molar-refractivity contribution in [2.45, 2.75) is 46.5 Å². The van der Waals surface area contributed by atoms with Gasteiger partial charge in [-0.2, -0.15) is 0 Å². The molecule has 0 heterocycles. The van der Waals surface area contributed by atoms with Gasteiger partial charge in [0.25, 0.3) is 5.91 Å². The van der Waals surface area contributed by atoms with Crippen molar-refractivity contribution in [2.24, 2.45) is 0 Å². The third-order valence-corrected chi connectivity index (χ3v) is 4.72. The van der Waals surface area contributed by atoms with Crippen molar-refractivity contribution >= 4 is 35.1 Å². The Morgan fingerprint density at radius 1 is 0.848 bits per heavy atom. The molecule has 0 aliphatic rings. The molecule has 8 nitrogen and oxygen atoms in total. The molecular weight excluding hydrogens is 424 g/mol. The SMILES string of the molecule is CCCCOC(=O)c1ccc(NC(=O)COC(=O)CCC(=O)Nc2cc(C)ccc2C)cc1. The minimum Gasteiger partial charge on any atom is -0.462 e. The first-order valence-electron chi connectivity index (χ1n) is 10.9. The highest BCUT2D eigenvalue weighted by atomic mass is 16.5. The Kier molecular flexibility index (Phi) is 10.1. The van der Waals surface area contributed by atoms with E-state index >= 15 is 0 Å². The summed E-state index contributed by atoms with van der Waals surface area (Å²) >= 11 is 0. The fraction of sp³-hybridized carbons (Fsp3) is 0.360. The maximum Gasteiger partial charge on any atom is 0.338 e. The molecule has 0 aromatic heterocycles. The molecule has 2 amide bonds. The molecule has 0 aliphatic heterocycles. The summed E-state index contributed by atoms with van der Waals surface area (Å²) in [4.78, 5) is 47.8. The maximum absolute atomic E-state index is 12.1. The lowest BCUT2D eigenvalue weighted by Gasteiger charge is -2.10. The Balaban J connectivity index is 1.70. The number of rotatable bonds is 11. The summed E-state index contributed by atoms with van der Waals surface area (Å²) in [5.74, 6) is -1.90. The molecule has 0 bridgehead atoms. The van der Waals surface area contributed by atoms with E-state index in [9.17, 15) is 19.2 Å². The Bertz CT molecular complexity index is 985. The zero-order valence-electron chi connectivity index (χ0n) is 19.2. The first-order valence-corrected chi connectivity index (χ1v) is 10.9. The van der Waals surface area contributed by atoms with Gasteiger partial charge in [-0.05, 0) is 61.7 Å². The number of aryl methyl sites for hydroxylation is 2. The molecule has 2 N–H and O–H groups in total. The van der Waals surface area contributed by atoms with Gasteiger partial charge in [0.05, 0.1) is 18.6 Å². The first kappa shape index (κ1) is 25.6. The van der Waals surface area contributed by atoms with Crippen LogP contribution in [0.3, 0.4) is 0 Å². The van der Waals surface area contributed by atoms with Gasteiger partial charge in [0.15, 0.2) is 6.61 Å². The quantitative estimate of drug-likeness (QED) is 0.390. The van der Waals surface area contributed by atoms with Crippen LogP contribution in [-0.2, 0) is 23.9 Å². The second-order valence-electron chi connectivity index (χ2n) is 7.64. The monoisotopic (exact) mass is 454 g/mol. The summed E-state index contributed by atoms with van der Waals surface area (Å²) in [6.07, 6.45) is 1.54. The van der Waals surface area contributed by atoms with E-state index in [0.29, 0.717) is 23.5 Å². The average molecular weight is 455 g/mol. The van der Waals surface area contributed by atoms with Crippen LogP contribution in [0, 0.1) is 13.8 Å². The third kappa shape index (κ3) is 9.14. The molecule has 0 spiro atoms. The number of hydrogen-bond donors (Lipinski definition) is 2. The summed E-state index contributed by atoms with van der Waals surface area (Å²) in [5.41, 5.74) is 3.48. The number of benzene rings is 2. The molecule has 0 fully saturated rings. The summed E-state index contributed by atoms with van der Waals surface area (Å²) in [7, 11) is 0. The van der Waals surface area contributed by atoms with E-state index < -0.39 is 24.5 Å². The van der Waals surface area contributed by atoms with Crippen LogP contribution in [0.15, 0.2) is 42.5 Å². The lowest BCUT2D eigenvalue weighted by atomic mass is 10.1. The van der Waals surface area contributed by atoms with Crippen LogP contribution in [0.5, 0.6) is 0 Å². The van der Waals surface area contributed by atoms with Gasteiger partial charge < -0.3 is 20.1 Å². The van der Waals surface area contributed by atoms with Crippen molar-refractivity contribution < 1.29 is 28.7 Å². The van der Waals surface area contributed by atoms with Crippen LogP contribution in [0.2, 0.25) is 0 Å². The number of ether oxygens (including phenoxy) is 2. The zero-order chi connectivity index (χ0) is 24.2. The molecule has 0 atom stereocenters. The van der Waals surface area contributed by atoms with E-state index in [1.54, 1.807) is 24.3 Å². The summed E-state index contributed by atoms with van der Waals surface area (Å²) in [6.45, 7) is 5.71. The maximum atomic E-state index is 12.1. The van der Waals surface area contributed by atoms with Gasteiger partial charge in [0.1, 0.15) is 0 Å². The largest absolute Gasteiger partial charge is 0.462 e. The highest BCUT2D eigenvalue weighted by molar-refractivity contribution is 5.95. The highest BCUT2D eigenvalue weighted by Crippen LogP contribution is 2.17. The fourth-order valence-electron chi connectivity index (χ4n) is 2.80. The van der Waals surface area contributed by atoms with Crippen LogP contribution in [0.4, 0.5) is 11.4 Å². The molecule has 0 unspecified atom stereocenters. The van der Waals surface area contributed by atoms with Crippen molar-refractivity contribution in [3.63, 3.8) is 0 Å². The minimum atomic E-state index is -0.647. The van der Waals surface area contributed by atoms with Crippen molar-refractivity contribution in [1.82, 2.24) is 0 Å². The predicted molar refractivity (Wildman–Crippen MR) is 125 cm³/mol. The van der Waals surface area contributed by atoms with Gasteiger partial charge in [-0.1, -0.05) is 25.5 Å². The van der Waals surface area contributed by atoms with E-state index in [1.807, 2.05) is 39.0 Å². The number of amides is 2. The Morgan fingerprint density at radius 2 is 1.58 bits per heavy atom. The lowest BCUT2D eigenvalue weighted by Crippen LogP contribution is -2.22. The van der Waals surface area contributed by atoms with Gasteiger partial charge in [-0.15, -0.1) is 0 Å². The molecule has 8 heteroatoms. The number of carbonyl (C=O) groups excluding carboxylic acids is 4. The van der Waals surface area contributed by atoms with Crippen LogP contribution < -0.4 is 10.6 Å². The first-order chi connectivity index (χ1) is 15.8.